The molecule has 4 nitrogen and oxygen atoms in total. The second kappa shape index (κ2) is 5.36. The topological polar surface area (TPSA) is 60.1 Å². The second-order valence-electron chi connectivity index (χ2n) is 4.78. The predicted octanol–water partition coefficient (Wildman–Crippen LogP) is 1.35. The molecule has 2 rings (SSSR count). The predicted molar refractivity (Wildman–Crippen MR) is 67.6 cm³/mol. The molecule has 0 radical (unpaired) electrons. The van der Waals surface area contributed by atoms with Crippen LogP contribution < -0.4 is 11.1 Å². The molecule has 0 bridgehead atoms. The molecule has 0 saturated carbocycles. The average Bonchev–Trinajstić information content (AvgIpc) is 2.67. The van der Waals surface area contributed by atoms with Gasteiger partial charge in [-0.25, -0.2) is 0 Å². The number of carbonyl (C=O) groups is 1. The lowest BCUT2D eigenvalue weighted by Crippen LogP contribution is -2.25. The molecule has 17 heavy (non-hydrogen) atoms. The minimum atomic E-state index is -0.282. The van der Waals surface area contributed by atoms with E-state index in [1.54, 1.807) is 0 Å². The number of amides is 1. The van der Waals surface area contributed by atoms with E-state index in [2.05, 4.69) is 24.6 Å². The molecule has 3 N–H and O–H groups in total. The minimum absolute atomic E-state index is 0.282. The lowest BCUT2D eigenvalue weighted by Gasteiger charge is -2.23. The highest BCUT2D eigenvalue weighted by molar-refractivity contribution is 5.73. The summed E-state index contributed by atoms with van der Waals surface area (Å²) in [5.41, 5.74) is 7.94. The number of aromatic nitrogens is 1. The number of carbonyl (C=O) groups excluding carboxylic acids is 1. The van der Waals surface area contributed by atoms with E-state index in [-0.39, 0.29) is 12.5 Å². The molecule has 1 aromatic rings. The maximum atomic E-state index is 10.9. The normalized spacial score (nSPS) is 19.0. The van der Waals surface area contributed by atoms with Crippen molar-refractivity contribution in [1.82, 2.24) is 9.88 Å². The number of rotatable bonds is 5. The highest BCUT2D eigenvalue weighted by Gasteiger charge is 2.21. The van der Waals surface area contributed by atoms with Crippen molar-refractivity contribution in [2.45, 2.75) is 45.2 Å². The molecule has 0 saturated heterocycles. The summed E-state index contributed by atoms with van der Waals surface area (Å²) in [6.45, 7) is 3.51. The smallest absolute Gasteiger partial charge is 0.237 e. The van der Waals surface area contributed by atoms with Crippen molar-refractivity contribution < 1.29 is 4.79 Å². The average molecular weight is 235 g/mol. The molecule has 1 heterocycles. The SMILES string of the molecule is CCCNC1CCCc2cn(CC(N)=O)cc21. The van der Waals surface area contributed by atoms with Crippen LogP contribution >= 0.6 is 0 Å². The van der Waals surface area contributed by atoms with Gasteiger partial charge in [-0.2, -0.15) is 0 Å². The third-order valence-electron chi connectivity index (χ3n) is 3.29. The zero-order valence-electron chi connectivity index (χ0n) is 10.4. The van der Waals surface area contributed by atoms with Gasteiger partial charge in [-0.15, -0.1) is 0 Å². The number of aryl methyl sites for hydroxylation is 1. The molecule has 0 aromatic carbocycles. The molecule has 1 aliphatic carbocycles. The number of primary amides is 1. The van der Waals surface area contributed by atoms with Crippen LogP contribution in [0.4, 0.5) is 0 Å². The van der Waals surface area contributed by atoms with Gasteiger partial charge in [-0.05, 0) is 43.4 Å². The Labute approximate surface area is 102 Å². The first-order chi connectivity index (χ1) is 8.20. The van der Waals surface area contributed by atoms with Crippen LogP contribution in [-0.4, -0.2) is 17.0 Å². The van der Waals surface area contributed by atoms with Gasteiger partial charge in [0.2, 0.25) is 5.91 Å². The van der Waals surface area contributed by atoms with E-state index in [1.807, 2.05) is 4.57 Å². The van der Waals surface area contributed by atoms with Crippen LogP contribution in [0.5, 0.6) is 0 Å². The molecular weight excluding hydrogens is 214 g/mol. The first kappa shape index (κ1) is 12.2. The summed E-state index contributed by atoms with van der Waals surface area (Å²) in [7, 11) is 0. The first-order valence-electron chi connectivity index (χ1n) is 6.41. The number of nitrogens with two attached hydrogens (primary N) is 1. The Kier molecular flexibility index (Phi) is 3.84. The lowest BCUT2D eigenvalue weighted by atomic mass is 9.91. The summed E-state index contributed by atoms with van der Waals surface area (Å²) in [5, 5.41) is 3.56. The van der Waals surface area contributed by atoms with Crippen LogP contribution in [0.25, 0.3) is 0 Å². The monoisotopic (exact) mass is 235 g/mol. The van der Waals surface area contributed by atoms with Crippen LogP contribution in [-0.2, 0) is 17.8 Å². The Morgan fingerprint density at radius 1 is 1.59 bits per heavy atom. The Hall–Kier alpha value is -1.29. The Morgan fingerprint density at radius 3 is 3.12 bits per heavy atom. The highest BCUT2D eigenvalue weighted by Crippen LogP contribution is 2.30. The van der Waals surface area contributed by atoms with Gasteiger partial charge in [-0.1, -0.05) is 6.92 Å². The largest absolute Gasteiger partial charge is 0.368 e. The van der Waals surface area contributed by atoms with E-state index in [4.69, 9.17) is 5.73 Å². The summed E-state index contributed by atoms with van der Waals surface area (Å²) in [6.07, 6.45) is 8.81. The van der Waals surface area contributed by atoms with Crippen molar-refractivity contribution in [1.29, 1.82) is 0 Å². The van der Waals surface area contributed by atoms with Crippen molar-refractivity contribution in [3.63, 3.8) is 0 Å². The lowest BCUT2D eigenvalue weighted by molar-refractivity contribution is -0.118. The summed E-state index contributed by atoms with van der Waals surface area (Å²) >= 11 is 0. The summed E-state index contributed by atoms with van der Waals surface area (Å²) in [4.78, 5) is 10.9. The van der Waals surface area contributed by atoms with Crippen LogP contribution in [0.1, 0.15) is 43.4 Å². The van der Waals surface area contributed by atoms with Gasteiger partial charge in [0.15, 0.2) is 0 Å². The quantitative estimate of drug-likeness (QED) is 0.809. The third kappa shape index (κ3) is 2.88. The molecule has 1 unspecified atom stereocenters. The summed E-state index contributed by atoms with van der Waals surface area (Å²) in [5.74, 6) is -0.282. The van der Waals surface area contributed by atoms with Crippen LogP contribution in [0.15, 0.2) is 12.4 Å². The maximum absolute atomic E-state index is 10.9. The molecule has 94 valence electrons. The Morgan fingerprint density at radius 2 is 2.41 bits per heavy atom. The highest BCUT2D eigenvalue weighted by atomic mass is 16.1. The van der Waals surface area contributed by atoms with Crippen molar-refractivity contribution >= 4 is 5.91 Å². The van der Waals surface area contributed by atoms with E-state index >= 15 is 0 Å². The van der Waals surface area contributed by atoms with Crippen molar-refractivity contribution in [2.75, 3.05) is 6.54 Å². The van der Waals surface area contributed by atoms with Gasteiger partial charge in [0.25, 0.3) is 0 Å². The van der Waals surface area contributed by atoms with E-state index in [0.29, 0.717) is 6.04 Å². The van der Waals surface area contributed by atoms with Crippen LogP contribution in [0.3, 0.4) is 0 Å². The van der Waals surface area contributed by atoms with Gasteiger partial charge >= 0.3 is 0 Å². The zero-order valence-corrected chi connectivity index (χ0v) is 10.4. The molecular formula is C13H21N3O. The van der Waals surface area contributed by atoms with E-state index in [1.165, 1.54) is 24.0 Å². The van der Waals surface area contributed by atoms with E-state index in [0.717, 1.165) is 19.4 Å². The molecule has 0 spiro atoms. The number of hydrogen-bond donors (Lipinski definition) is 2. The number of hydrogen-bond acceptors (Lipinski definition) is 2. The van der Waals surface area contributed by atoms with Gasteiger partial charge in [0, 0.05) is 18.4 Å². The first-order valence-corrected chi connectivity index (χ1v) is 6.41. The standard InChI is InChI=1S/C13H21N3O/c1-2-6-15-12-5-3-4-10-7-16(8-11(10)12)9-13(14)17/h7-8,12,15H,2-6,9H2,1H3,(H2,14,17). The van der Waals surface area contributed by atoms with E-state index in [9.17, 15) is 4.79 Å². The maximum Gasteiger partial charge on any atom is 0.237 e. The molecule has 1 aliphatic rings. The zero-order chi connectivity index (χ0) is 12.3. The molecule has 4 heteroatoms. The molecule has 1 amide bonds. The molecule has 0 aliphatic heterocycles. The fraction of sp³-hybridized carbons (Fsp3) is 0.615. The Balaban J connectivity index is 2.13. The van der Waals surface area contributed by atoms with Gasteiger partial charge in [0.05, 0.1) is 0 Å². The molecule has 1 atom stereocenters. The van der Waals surface area contributed by atoms with Crippen LogP contribution in [0.2, 0.25) is 0 Å². The number of fused-ring (bicyclic) bond motifs is 1. The summed E-state index contributed by atoms with van der Waals surface area (Å²) in [6, 6.07) is 0.452. The fourth-order valence-electron chi connectivity index (χ4n) is 2.55. The molecule has 0 fully saturated rings. The molecule has 1 aromatic heterocycles. The van der Waals surface area contributed by atoms with Crippen molar-refractivity contribution in [2.24, 2.45) is 5.73 Å². The third-order valence-corrected chi connectivity index (χ3v) is 3.29. The van der Waals surface area contributed by atoms with Gasteiger partial charge in [0.1, 0.15) is 6.54 Å². The second-order valence-corrected chi connectivity index (χ2v) is 4.78. The van der Waals surface area contributed by atoms with Gasteiger partial charge in [-0.3, -0.25) is 4.79 Å². The number of nitrogens with zero attached hydrogens (tertiary/aromatic N) is 1. The van der Waals surface area contributed by atoms with Crippen LogP contribution in [0, 0.1) is 0 Å². The van der Waals surface area contributed by atoms with Crippen molar-refractivity contribution in [3.05, 3.63) is 23.5 Å². The van der Waals surface area contributed by atoms with Crippen molar-refractivity contribution in [3.8, 4) is 0 Å². The fourth-order valence-corrected chi connectivity index (χ4v) is 2.55. The van der Waals surface area contributed by atoms with E-state index < -0.39 is 0 Å². The minimum Gasteiger partial charge on any atom is -0.368 e. The number of nitrogens with one attached hydrogen (secondary N) is 1. The Bertz CT molecular complexity index is 397. The van der Waals surface area contributed by atoms with Gasteiger partial charge < -0.3 is 15.6 Å². The summed E-state index contributed by atoms with van der Waals surface area (Å²) < 4.78 is 1.92.